The molecule has 0 radical (unpaired) electrons. The van der Waals surface area contributed by atoms with Crippen molar-refractivity contribution >= 4 is 32.9 Å². The van der Waals surface area contributed by atoms with Crippen molar-refractivity contribution in [3.63, 3.8) is 0 Å². The predicted octanol–water partition coefficient (Wildman–Crippen LogP) is 4.30. The third-order valence-corrected chi connectivity index (χ3v) is 7.23. The summed E-state index contributed by atoms with van der Waals surface area (Å²) < 4.78 is 66.4. The van der Waals surface area contributed by atoms with Crippen molar-refractivity contribution in [3.8, 4) is 11.4 Å². The Labute approximate surface area is 202 Å². The summed E-state index contributed by atoms with van der Waals surface area (Å²) in [6, 6.07) is 9.22. The highest BCUT2D eigenvalue weighted by Crippen LogP contribution is 2.29. The third kappa shape index (κ3) is 5.69. The number of imidazole rings is 1. The summed E-state index contributed by atoms with van der Waals surface area (Å²) in [7, 11) is -1.66. The Bertz CT molecular complexity index is 1490. The van der Waals surface area contributed by atoms with E-state index in [0.29, 0.717) is 21.3 Å². The molecular weight excluding hydrogens is 511 g/mol. The Hall–Kier alpha value is -3.29. The van der Waals surface area contributed by atoms with E-state index in [1.165, 1.54) is 36.0 Å². The first-order chi connectivity index (χ1) is 16.6. The van der Waals surface area contributed by atoms with Gasteiger partial charge in [-0.1, -0.05) is 16.8 Å². The number of methoxy groups -OCH3 is 1. The highest BCUT2D eigenvalue weighted by atomic mass is 35.5. The molecule has 4 aromatic rings. The lowest BCUT2D eigenvalue weighted by Crippen LogP contribution is -2.14. The van der Waals surface area contributed by atoms with Gasteiger partial charge in [0.2, 0.25) is 5.82 Å². The fourth-order valence-corrected chi connectivity index (χ4v) is 5.03. The molecule has 3 aromatic heterocycles. The first-order valence-electron chi connectivity index (χ1n) is 9.98. The minimum absolute atomic E-state index is 0.00993. The molecular formula is C21H17ClF3N5O4S. The number of nitrogens with zero attached hydrogens (tertiary/aromatic N) is 5. The summed E-state index contributed by atoms with van der Waals surface area (Å²) >= 11 is 5.90. The van der Waals surface area contributed by atoms with Crippen LogP contribution >= 0.6 is 11.6 Å². The van der Waals surface area contributed by atoms with Gasteiger partial charge < -0.3 is 13.7 Å². The largest absolute Gasteiger partial charge is 0.471 e. The number of pyridine rings is 1. The Kier molecular flexibility index (Phi) is 6.92. The smallest absolute Gasteiger partial charge is 0.384 e. The molecule has 0 spiro atoms. The second-order valence-corrected chi connectivity index (χ2v) is 10.1. The summed E-state index contributed by atoms with van der Waals surface area (Å²) in [5.74, 6) is -2.35. The number of benzene rings is 1. The molecule has 0 aliphatic heterocycles. The van der Waals surface area contributed by atoms with Crippen molar-refractivity contribution in [2.45, 2.75) is 17.5 Å². The second kappa shape index (κ2) is 9.76. The Morgan fingerprint density at radius 3 is 2.57 bits per heavy atom. The Morgan fingerprint density at radius 1 is 1.17 bits per heavy atom. The van der Waals surface area contributed by atoms with E-state index in [0.717, 1.165) is 0 Å². The zero-order valence-corrected chi connectivity index (χ0v) is 19.6. The maximum atomic E-state index is 13.5. The molecule has 3 heterocycles. The Balaban J connectivity index is 1.59. The normalized spacial score (nSPS) is 13.6. The number of fused-ring (bicyclic) bond motifs is 1. The van der Waals surface area contributed by atoms with Crippen LogP contribution in [0.4, 0.5) is 13.2 Å². The lowest BCUT2D eigenvalue weighted by Gasteiger charge is -2.09. The van der Waals surface area contributed by atoms with Gasteiger partial charge in [-0.15, -0.1) is 0 Å². The van der Waals surface area contributed by atoms with Crippen molar-refractivity contribution in [2.24, 2.45) is 4.36 Å². The molecule has 0 saturated heterocycles. The van der Waals surface area contributed by atoms with Crippen molar-refractivity contribution < 1.29 is 31.4 Å². The number of alkyl halides is 3. The van der Waals surface area contributed by atoms with E-state index in [9.17, 15) is 22.2 Å². The fourth-order valence-electron chi connectivity index (χ4n) is 3.13. The van der Waals surface area contributed by atoms with E-state index >= 15 is 0 Å². The van der Waals surface area contributed by atoms with E-state index in [4.69, 9.17) is 16.3 Å². The van der Waals surface area contributed by atoms with Gasteiger partial charge in [0, 0.05) is 35.0 Å². The van der Waals surface area contributed by atoms with Crippen molar-refractivity contribution in [1.29, 1.82) is 0 Å². The lowest BCUT2D eigenvalue weighted by atomic mass is 10.3. The number of hydrogen-bond donors (Lipinski definition) is 0. The van der Waals surface area contributed by atoms with E-state index in [1.54, 1.807) is 24.3 Å². The van der Waals surface area contributed by atoms with Crippen molar-refractivity contribution in [2.75, 3.05) is 19.5 Å². The van der Waals surface area contributed by atoms with Crippen LogP contribution < -0.4 is 0 Å². The molecule has 1 unspecified atom stereocenters. The molecule has 184 valence electrons. The molecule has 0 bridgehead atoms. The number of carbonyl (C=O) groups is 1. The maximum Gasteiger partial charge on any atom is 0.471 e. The third-order valence-electron chi connectivity index (χ3n) is 4.76. The maximum absolute atomic E-state index is 13.5. The van der Waals surface area contributed by atoms with Gasteiger partial charge in [-0.05, 0) is 36.4 Å². The molecule has 14 heteroatoms. The lowest BCUT2D eigenvalue weighted by molar-refractivity contribution is -0.159. The molecule has 9 nitrogen and oxygen atoms in total. The molecule has 0 saturated carbocycles. The van der Waals surface area contributed by atoms with E-state index in [-0.39, 0.29) is 30.2 Å². The average molecular weight is 528 g/mol. The van der Waals surface area contributed by atoms with Gasteiger partial charge in [-0.2, -0.15) is 22.5 Å². The molecule has 0 fully saturated rings. The molecule has 4 rings (SSSR count). The van der Waals surface area contributed by atoms with Crippen LogP contribution in [-0.4, -0.2) is 49.1 Å². The van der Waals surface area contributed by atoms with Gasteiger partial charge in [-0.3, -0.25) is 4.79 Å². The Morgan fingerprint density at radius 2 is 1.91 bits per heavy atom. The number of ether oxygens (including phenoxy) is 1. The number of halogens is 4. The molecule has 0 aliphatic carbocycles. The van der Waals surface area contributed by atoms with Crippen LogP contribution in [0.25, 0.3) is 17.0 Å². The highest BCUT2D eigenvalue weighted by Gasteiger charge is 2.38. The molecule has 1 aromatic carbocycles. The molecule has 35 heavy (non-hydrogen) atoms. The van der Waals surface area contributed by atoms with Gasteiger partial charge in [-0.25, -0.2) is 9.19 Å². The van der Waals surface area contributed by atoms with Crippen molar-refractivity contribution in [1.82, 2.24) is 19.5 Å². The van der Waals surface area contributed by atoms with E-state index < -0.39 is 27.7 Å². The van der Waals surface area contributed by atoms with E-state index in [1.807, 2.05) is 0 Å². The van der Waals surface area contributed by atoms with Crippen LogP contribution in [0.3, 0.4) is 0 Å². The fraction of sp³-hybridized carbons (Fsp3) is 0.238. The topological polar surface area (TPSA) is 112 Å². The molecule has 0 aliphatic rings. The summed E-state index contributed by atoms with van der Waals surface area (Å²) in [5, 5.41) is 3.81. The zero-order valence-electron chi connectivity index (χ0n) is 18.0. The highest BCUT2D eigenvalue weighted by molar-refractivity contribution is 7.94. The first kappa shape index (κ1) is 24.8. The number of amides is 1. The SMILES string of the molecule is COCCS(=O)(=NC(=O)Cc1cn2cc(-c3noc(C(F)(F)F)n3)ccc2n1)c1ccc(Cl)cc1. The number of rotatable bonds is 7. The van der Waals surface area contributed by atoms with Gasteiger partial charge in [0.25, 0.3) is 5.91 Å². The quantitative estimate of drug-likeness (QED) is 0.352. The first-order valence-corrected chi connectivity index (χ1v) is 12.0. The van der Waals surface area contributed by atoms with Gasteiger partial charge in [0.1, 0.15) is 5.65 Å². The number of hydrogen-bond acceptors (Lipinski definition) is 7. The molecule has 1 atom stereocenters. The monoisotopic (exact) mass is 527 g/mol. The summed E-state index contributed by atoms with van der Waals surface area (Å²) in [6.07, 6.45) is -2.03. The summed E-state index contributed by atoms with van der Waals surface area (Å²) in [4.78, 5) is 20.7. The van der Waals surface area contributed by atoms with Crippen LogP contribution in [0.2, 0.25) is 5.02 Å². The van der Waals surface area contributed by atoms with Crippen LogP contribution in [0.1, 0.15) is 11.6 Å². The standard InChI is InChI=1S/C21H17ClF3N5O4S/c1-33-8-9-35(32,16-5-3-14(22)4-6-16)29-18(31)10-15-12-30-11-13(2-7-17(30)26-15)19-27-20(34-28-19)21(23,24)25/h2-7,11-12H,8-10H2,1H3. The molecule has 1 amide bonds. The minimum atomic E-state index is -4.75. The zero-order chi connectivity index (χ0) is 25.2. The summed E-state index contributed by atoms with van der Waals surface area (Å²) in [5.41, 5.74) is 1.00. The van der Waals surface area contributed by atoms with Crippen LogP contribution in [0.15, 0.2) is 62.6 Å². The van der Waals surface area contributed by atoms with E-state index in [2.05, 4.69) is 24.0 Å². The van der Waals surface area contributed by atoms with Crippen molar-refractivity contribution in [3.05, 3.63) is 65.4 Å². The van der Waals surface area contributed by atoms with Crippen LogP contribution in [0, 0.1) is 0 Å². The minimum Gasteiger partial charge on any atom is -0.384 e. The van der Waals surface area contributed by atoms with Crippen LogP contribution in [0.5, 0.6) is 0 Å². The van der Waals surface area contributed by atoms with Crippen LogP contribution in [-0.2, 0) is 31.9 Å². The summed E-state index contributed by atoms with van der Waals surface area (Å²) in [6.45, 7) is 0.127. The second-order valence-electron chi connectivity index (χ2n) is 7.29. The molecule has 0 N–H and O–H groups in total. The number of carbonyl (C=O) groups excluding carboxylic acids is 1. The predicted molar refractivity (Wildman–Crippen MR) is 119 cm³/mol. The number of aromatic nitrogens is 4. The van der Waals surface area contributed by atoms with Gasteiger partial charge in [0.05, 0.1) is 34.2 Å². The van der Waals surface area contributed by atoms with Gasteiger partial charge in [0.15, 0.2) is 0 Å². The van der Waals surface area contributed by atoms with Gasteiger partial charge >= 0.3 is 12.1 Å². The average Bonchev–Trinajstić information content (AvgIpc) is 3.44.